The Labute approximate surface area is 167 Å². The van der Waals surface area contributed by atoms with Crippen LogP contribution in [0.4, 0.5) is 0 Å². The van der Waals surface area contributed by atoms with E-state index in [1.807, 2.05) is 42.2 Å². The van der Waals surface area contributed by atoms with Crippen LogP contribution in [-0.4, -0.2) is 62.3 Å². The van der Waals surface area contributed by atoms with Gasteiger partial charge in [0, 0.05) is 32.2 Å². The fourth-order valence-corrected chi connectivity index (χ4v) is 4.73. The average Bonchev–Trinajstić information content (AvgIpc) is 2.67. The SMILES string of the molecule is CC(C)[C@@H](C)NC(=O)CN1CCN(S(=O)(=O)c2ccc3ccccc3c2)CC1. The number of sulfonamides is 1. The Morgan fingerprint density at radius 1 is 1.00 bits per heavy atom. The van der Waals surface area contributed by atoms with Crippen molar-refractivity contribution in [2.45, 2.75) is 31.7 Å². The first-order valence-corrected chi connectivity index (χ1v) is 11.2. The van der Waals surface area contributed by atoms with Crippen LogP contribution < -0.4 is 5.32 Å². The fraction of sp³-hybridized carbons (Fsp3) is 0.476. The first-order valence-electron chi connectivity index (χ1n) is 9.78. The molecule has 1 aliphatic heterocycles. The molecule has 1 heterocycles. The van der Waals surface area contributed by atoms with Crippen LogP contribution >= 0.6 is 0 Å². The molecule has 28 heavy (non-hydrogen) atoms. The number of hydrogen-bond donors (Lipinski definition) is 1. The predicted octanol–water partition coefficient (Wildman–Crippen LogP) is 2.31. The third kappa shape index (κ3) is 4.71. The van der Waals surface area contributed by atoms with Gasteiger partial charge < -0.3 is 5.32 Å². The molecule has 3 rings (SSSR count). The van der Waals surface area contributed by atoms with E-state index < -0.39 is 10.0 Å². The molecular formula is C21H29N3O3S. The molecule has 0 unspecified atom stereocenters. The van der Waals surface area contributed by atoms with Crippen molar-refractivity contribution in [2.24, 2.45) is 5.92 Å². The lowest BCUT2D eigenvalue weighted by atomic mass is 10.1. The summed E-state index contributed by atoms with van der Waals surface area (Å²) in [4.78, 5) is 14.5. The Balaban J connectivity index is 1.61. The summed E-state index contributed by atoms with van der Waals surface area (Å²) in [5.74, 6) is 0.375. The molecule has 2 aromatic rings. The zero-order valence-corrected chi connectivity index (χ0v) is 17.6. The van der Waals surface area contributed by atoms with Crippen LogP contribution in [0.5, 0.6) is 0 Å². The summed E-state index contributed by atoms with van der Waals surface area (Å²) >= 11 is 0. The lowest BCUT2D eigenvalue weighted by molar-refractivity contribution is -0.123. The lowest BCUT2D eigenvalue weighted by Crippen LogP contribution is -2.51. The Kier molecular flexibility index (Phi) is 6.37. The Bertz CT molecular complexity index is 935. The maximum Gasteiger partial charge on any atom is 0.243 e. The summed E-state index contributed by atoms with van der Waals surface area (Å²) in [6.45, 7) is 8.33. The smallest absolute Gasteiger partial charge is 0.243 e. The number of nitrogens with one attached hydrogen (secondary N) is 1. The van der Waals surface area contributed by atoms with Crippen molar-refractivity contribution in [1.29, 1.82) is 0 Å². The van der Waals surface area contributed by atoms with Crippen molar-refractivity contribution in [2.75, 3.05) is 32.7 Å². The average molecular weight is 404 g/mol. The van der Waals surface area contributed by atoms with Gasteiger partial charge in [0.2, 0.25) is 15.9 Å². The van der Waals surface area contributed by atoms with E-state index in [-0.39, 0.29) is 11.9 Å². The van der Waals surface area contributed by atoms with Gasteiger partial charge in [-0.1, -0.05) is 44.2 Å². The predicted molar refractivity (Wildman–Crippen MR) is 112 cm³/mol. The second-order valence-electron chi connectivity index (χ2n) is 7.79. The molecule has 1 atom stereocenters. The fourth-order valence-electron chi connectivity index (χ4n) is 3.27. The van der Waals surface area contributed by atoms with E-state index in [1.165, 1.54) is 4.31 Å². The van der Waals surface area contributed by atoms with Crippen molar-refractivity contribution < 1.29 is 13.2 Å². The third-order valence-corrected chi connectivity index (χ3v) is 7.34. The van der Waals surface area contributed by atoms with Gasteiger partial charge in [0.05, 0.1) is 11.4 Å². The first kappa shape index (κ1) is 20.8. The molecule has 1 N–H and O–H groups in total. The van der Waals surface area contributed by atoms with E-state index in [0.717, 1.165) is 10.8 Å². The number of carbonyl (C=O) groups is 1. The van der Waals surface area contributed by atoms with Crippen LogP contribution in [0.15, 0.2) is 47.4 Å². The molecule has 0 bridgehead atoms. The minimum absolute atomic E-state index is 0.00737. The summed E-state index contributed by atoms with van der Waals surface area (Å²) in [6, 6.07) is 13.1. The Morgan fingerprint density at radius 3 is 2.29 bits per heavy atom. The van der Waals surface area contributed by atoms with E-state index >= 15 is 0 Å². The van der Waals surface area contributed by atoms with Crippen molar-refractivity contribution in [3.8, 4) is 0 Å². The van der Waals surface area contributed by atoms with Crippen LogP contribution in [0.2, 0.25) is 0 Å². The Hall–Kier alpha value is -1.96. The van der Waals surface area contributed by atoms with Crippen molar-refractivity contribution in [3.05, 3.63) is 42.5 Å². The molecule has 6 nitrogen and oxygen atoms in total. The van der Waals surface area contributed by atoms with Gasteiger partial charge in [-0.2, -0.15) is 4.31 Å². The molecule has 0 saturated carbocycles. The Morgan fingerprint density at radius 2 is 1.64 bits per heavy atom. The number of nitrogens with zero attached hydrogens (tertiary/aromatic N) is 2. The molecule has 1 amide bonds. The maximum atomic E-state index is 13.0. The van der Waals surface area contributed by atoms with Crippen molar-refractivity contribution in [1.82, 2.24) is 14.5 Å². The summed E-state index contributed by atoms with van der Waals surface area (Å²) in [5.41, 5.74) is 0. The van der Waals surface area contributed by atoms with Crippen molar-refractivity contribution >= 4 is 26.7 Å². The van der Waals surface area contributed by atoms with Gasteiger partial charge in [0.25, 0.3) is 0 Å². The number of amides is 1. The van der Waals surface area contributed by atoms with Gasteiger partial charge in [-0.15, -0.1) is 0 Å². The minimum Gasteiger partial charge on any atom is -0.352 e. The largest absolute Gasteiger partial charge is 0.352 e. The zero-order chi connectivity index (χ0) is 20.3. The van der Waals surface area contributed by atoms with E-state index in [9.17, 15) is 13.2 Å². The summed E-state index contributed by atoms with van der Waals surface area (Å²) in [5, 5.41) is 4.93. The normalized spacial score (nSPS) is 17.7. The van der Waals surface area contributed by atoms with E-state index in [2.05, 4.69) is 19.2 Å². The van der Waals surface area contributed by atoms with Gasteiger partial charge in [-0.3, -0.25) is 9.69 Å². The minimum atomic E-state index is -3.53. The van der Waals surface area contributed by atoms with Gasteiger partial charge in [-0.05, 0) is 35.7 Å². The molecule has 7 heteroatoms. The zero-order valence-electron chi connectivity index (χ0n) is 16.8. The number of fused-ring (bicyclic) bond motifs is 1. The highest BCUT2D eigenvalue weighted by Crippen LogP contribution is 2.22. The van der Waals surface area contributed by atoms with E-state index in [0.29, 0.717) is 43.5 Å². The number of benzene rings is 2. The summed E-state index contributed by atoms with van der Waals surface area (Å²) in [6.07, 6.45) is 0. The second-order valence-corrected chi connectivity index (χ2v) is 9.73. The summed E-state index contributed by atoms with van der Waals surface area (Å²) < 4.78 is 27.5. The standard InChI is InChI=1S/C21H29N3O3S/c1-16(2)17(3)22-21(25)15-23-10-12-24(13-11-23)28(26,27)20-9-8-18-6-4-5-7-19(18)14-20/h4-9,14,16-17H,10-13,15H2,1-3H3,(H,22,25)/t17-/m1/s1. The number of hydrogen-bond acceptors (Lipinski definition) is 4. The molecule has 1 saturated heterocycles. The highest BCUT2D eigenvalue weighted by molar-refractivity contribution is 7.89. The molecule has 152 valence electrons. The van der Waals surface area contributed by atoms with E-state index in [1.54, 1.807) is 12.1 Å². The van der Waals surface area contributed by atoms with Crippen LogP contribution in [0.25, 0.3) is 10.8 Å². The number of rotatable bonds is 6. The van der Waals surface area contributed by atoms with Gasteiger partial charge in [0.15, 0.2) is 0 Å². The molecule has 0 aromatic heterocycles. The lowest BCUT2D eigenvalue weighted by Gasteiger charge is -2.33. The molecule has 1 aliphatic rings. The van der Waals surface area contributed by atoms with Crippen LogP contribution in [0.3, 0.4) is 0 Å². The first-order chi connectivity index (χ1) is 13.3. The molecule has 0 radical (unpaired) electrons. The molecule has 1 fully saturated rings. The van der Waals surface area contributed by atoms with Crippen LogP contribution in [0, 0.1) is 5.92 Å². The molecule has 0 aliphatic carbocycles. The maximum absolute atomic E-state index is 13.0. The highest BCUT2D eigenvalue weighted by atomic mass is 32.2. The molecule has 0 spiro atoms. The second kappa shape index (κ2) is 8.59. The monoisotopic (exact) mass is 403 g/mol. The molecule has 2 aromatic carbocycles. The van der Waals surface area contributed by atoms with Crippen LogP contribution in [0.1, 0.15) is 20.8 Å². The number of carbonyl (C=O) groups excluding carboxylic acids is 1. The molecular weight excluding hydrogens is 374 g/mol. The highest BCUT2D eigenvalue weighted by Gasteiger charge is 2.29. The topological polar surface area (TPSA) is 69.7 Å². The van der Waals surface area contributed by atoms with Gasteiger partial charge in [0.1, 0.15) is 0 Å². The van der Waals surface area contributed by atoms with Crippen molar-refractivity contribution in [3.63, 3.8) is 0 Å². The van der Waals surface area contributed by atoms with Gasteiger partial charge >= 0.3 is 0 Å². The van der Waals surface area contributed by atoms with Gasteiger partial charge in [-0.25, -0.2) is 8.42 Å². The number of piperazine rings is 1. The third-order valence-electron chi connectivity index (χ3n) is 5.45. The van der Waals surface area contributed by atoms with Crippen LogP contribution in [-0.2, 0) is 14.8 Å². The summed E-state index contributed by atoms with van der Waals surface area (Å²) in [7, 11) is -3.53. The van der Waals surface area contributed by atoms with E-state index in [4.69, 9.17) is 0 Å². The quantitative estimate of drug-likeness (QED) is 0.804.